The molecule has 0 amide bonds. The minimum Gasteiger partial charge on any atom is -0.488 e. The first-order valence-corrected chi connectivity index (χ1v) is 10.1. The summed E-state index contributed by atoms with van der Waals surface area (Å²) in [6.07, 6.45) is -6.22. The Bertz CT molecular complexity index is 957. The first kappa shape index (κ1) is 23.3. The van der Waals surface area contributed by atoms with Crippen molar-refractivity contribution in [2.24, 2.45) is 0 Å². The molecule has 0 aliphatic carbocycles. The SMILES string of the molecule is [2H]CCOc1c(F)cc(Cc2cc([C@]3(OC)O[C@H](CO)[C@@H](O)[C@H](O)[C@H]3O)ccc2Cl)cc1F. The zero-order valence-electron chi connectivity index (χ0n) is 18.2. The van der Waals surface area contributed by atoms with Gasteiger partial charge in [-0.25, -0.2) is 8.78 Å². The van der Waals surface area contributed by atoms with Crippen LogP contribution in [0, 0.1) is 11.6 Å². The van der Waals surface area contributed by atoms with Crippen molar-refractivity contribution < 1.29 is 44.8 Å². The number of hydrogen-bond acceptors (Lipinski definition) is 7. The highest BCUT2D eigenvalue weighted by Crippen LogP contribution is 2.40. The van der Waals surface area contributed by atoms with Gasteiger partial charge in [0.25, 0.3) is 0 Å². The standard InChI is InChI=1S/C22H25ClF2O7/c1-3-31-20-15(24)7-11(8-16(20)25)6-12-9-13(4-5-14(12)23)22(30-2)21(29)19(28)18(27)17(10-26)32-22/h4-5,7-9,17-19,21,26-29H,3,6,10H2,1-2H3/t17-,18-,19+,21-,22+/m1/s1/i1D. The van der Waals surface area contributed by atoms with E-state index in [-0.39, 0.29) is 36.1 Å². The van der Waals surface area contributed by atoms with Crippen LogP contribution in [-0.2, 0) is 21.7 Å². The lowest BCUT2D eigenvalue weighted by Gasteiger charge is -2.47. The number of aliphatic hydroxyl groups is 4. The van der Waals surface area contributed by atoms with E-state index in [9.17, 15) is 29.2 Å². The maximum atomic E-state index is 14.3. The van der Waals surface area contributed by atoms with Gasteiger partial charge in [-0.05, 0) is 48.7 Å². The van der Waals surface area contributed by atoms with Crippen molar-refractivity contribution in [1.29, 1.82) is 0 Å². The summed E-state index contributed by atoms with van der Waals surface area (Å²) in [5.74, 6) is -4.36. The Balaban J connectivity index is 1.97. The van der Waals surface area contributed by atoms with Gasteiger partial charge in [0, 0.05) is 19.1 Å². The third-order valence-electron chi connectivity index (χ3n) is 5.40. The average Bonchev–Trinajstić information content (AvgIpc) is 2.79. The van der Waals surface area contributed by atoms with Gasteiger partial charge in [0.05, 0.1) is 13.2 Å². The Hall–Kier alpha value is -1.85. The second kappa shape index (κ2) is 9.96. The molecular weight excluding hydrogens is 450 g/mol. The van der Waals surface area contributed by atoms with Crippen molar-refractivity contribution in [3.63, 3.8) is 0 Å². The molecule has 32 heavy (non-hydrogen) atoms. The Morgan fingerprint density at radius 2 is 1.84 bits per heavy atom. The van der Waals surface area contributed by atoms with Crippen molar-refractivity contribution in [2.75, 3.05) is 20.3 Å². The maximum absolute atomic E-state index is 14.3. The van der Waals surface area contributed by atoms with Gasteiger partial charge in [-0.3, -0.25) is 0 Å². The van der Waals surface area contributed by atoms with E-state index in [4.69, 9.17) is 27.2 Å². The summed E-state index contributed by atoms with van der Waals surface area (Å²) in [6, 6.07) is 6.59. The molecule has 176 valence electrons. The molecule has 0 bridgehead atoms. The molecule has 0 aromatic heterocycles. The molecular formula is C22H25ClF2O7. The normalized spacial score (nSPS) is 28.4. The van der Waals surface area contributed by atoms with Crippen molar-refractivity contribution in [2.45, 2.75) is 43.5 Å². The van der Waals surface area contributed by atoms with E-state index < -0.39 is 54.2 Å². The monoisotopic (exact) mass is 475 g/mol. The van der Waals surface area contributed by atoms with Crippen LogP contribution in [0.2, 0.25) is 5.02 Å². The molecule has 1 saturated heterocycles. The van der Waals surface area contributed by atoms with Gasteiger partial charge in [0.1, 0.15) is 24.4 Å². The first-order valence-electron chi connectivity index (χ1n) is 10.5. The van der Waals surface area contributed by atoms with Crippen molar-refractivity contribution in [1.82, 2.24) is 0 Å². The number of hydrogen-bond donors (Lipinski definition) is 4. The van der Waals surface area contributed by atoms with E-state index in [1.807, 2.05) is 0 Å². The van der Waals surface area contributed by atoms with Gasteiger partial charge < -0.3 is 34.6 Å². The van der Waals surface area contributed by atoms with Crippen LogP contribution in [0.15, 0.2) is 30.3 Å². The topological polar surface area (TPSA) is 109 Å². The van der Waals surface area contributed by atoms with Gasteiger partial charge in [-0.1, -0.05) is 17.7 Å². The Morgan fingerprint density at radius 3 is 2.44 bits per heavy atom. The van der Waals surface area contributed by atoms with Crippen molar-refractivity contribution in [3.8, 4) is 5.75 Å². The fourth-order valence-corrected chi connectivity index (χ4v) is 3.95. The van der Waals surface area contributed by atoms with E-state index in [0.717, 1.165) is 12.1 Å². The molecule has 5 atom stereocenters. The number of ether oxygens (including phenoxy) is 3. The molecule has 10 heteroatoms. The molecule has 4 N–H and O–H groups in total. The number of benzene rings is 2. The molecule has 7 nitrogen and oxygen atoms in total. The lowest BCUT2D eigenvalue weighted by atomic mass is 9.87. The summed E-state index contributed by atoms with van der Waals surface area (Å²) < 4.78 is 51.7. The third-order valence-corrected chi connectivity index (χ3v) is 5.77. The lowest BCUT2D eigenvalue weighted by molar-refractivity contribution is -0.366. The summed E-state index contributed by atoms with van der Waals surface area (Å²) in [7, 11) is 1.22. The van der Waals surface area contributed by atoms with Crippen LogP contribution in [0.5, 0.6) is 5.75 Å². The number of halogens is 3. The van der Waals surface area contributed by atoms with Crippen molar-refractivity contribution >= 4 is 11.6 Å². The number of rotatable bonds is 7. The second-order valence-electron chi connectivity index (χ2n) is 7.36. The fraction of sp³-hybridized carbons (Fsp3) is 0.455. The highest BCUT2D eigenvalue weighted by Gasteiger charge is 2.55. The van der Waals surface area contributed by atoms with Crippen LogP contribution in [0.25, 0.3) is 0 Å². The van der Waals surface area contributed by atoms with E-state index in [1.165, 1.54) is 25.3 Å². The molecule has 1 aliphatic heterocycles. The summed E-state index contributed by atoms with van der Waals surface area (Å²) in [5, 5.41) is 40.7. The van der Waals surface area contributed by atoms with Gasteiger partial charge >= 0.3 is 0 Å². The number of methoxy groups -OCH3 is 1. The summed E-state index contributed by atoms with van der Waals surface area (Å²) in [6.45, 7) is -0.956. The molecule has 0 unspecified atom stereocenters. The van der Waals surface area contributed by atoms with Crippen LogP contribution in [-0.4, -0.2) is 65.2 Å². The Morgan fingerprint density at radius 1 is 1.16 bits per heavy atom. The van der Waals surface area contributed by atoms with Gasteiger partial charge in [-0.15, -0.1) is 0 Å². The molecule has 0 spiro atoms. The average molecular weight is 476 g/mol. The molecule has 0 radical (unpaired) electrons. The largest absolute Gasteiger partial charge is 0.488 e. The summed E-state index contributed by atoms with van der Waals surface area (Å²) in [5.41, 5.74) is 0.848. The van der Waals surface area contributed by atoms with Crippen LogP contribution in [0.4, 0.5) is 8.78 Å². The quantitative estimate of drug-likeness (QED) is 0.484. The second-order valence-corrected chi connectivity index (χ2v) is 7.76. The lowest BCUT2D eigenvalue weighted by Crippen LogP contribution is -2.64. The fourth-order valence-electron chi connectivity index (χ4n) is 3.77. The minimum absolute atomic E-state index is 0.0102. The maximum Gasteiger partial charge on any atom is 0.224 e. The van der Waals surface area contributed by atoms with Crippen LogP contribution < -0.4 is 4.74 Å². The van der Waals surface area contributed by atoms with Gasteiger partial charge in [0.15, 0.2) is 17.4 Å². The number of aliphatic hydroxyl groups excluding tert-OH is 4. The van der Waals surface area contributed by atoms with Crippen molar-refractivity contribution in [3.05, 3.63) is 63.7 Å². The zero-order valence-corrected chi connectivity index (χ0v) is 17.9. The zero-order chi connectivity index (χ0) is 24.3. The van der Waals surface area contributed by atoms with E-state index >= 15 is 0 Å². The predicted molar refractivity (Wildman–Crippen MR) is 110 cm³/mol. The molecule has 2 aromatic rings. The van der Waals surface area contributed by atoms with Crippen LogP contribution >= 0.6 is 11.6 Å². The molecule has 1 heterocycles. The highest BCUT2D eigenvalue weighted by molar-refractivity contribution is 6.31. The van der Waals surface area contributed by atoms with Gasteiger partial charge in [0.2, 0.25) is 5.79 Å². The third kappa shape index (κ3) is 4.47. The minimum atomic E-state index is -1.95. The molecule has 1 fully saturated rings. The van der Waals surface area contributed by atoms with Gasteiger partial charge in [-0.2, -0.15) is 0 Å². The Labute approximate surface area is 190 Å². The highest BCUT2D eigenvalue weighted by atomic mass is 35.5. The Kier molecular flexibility index (Phi) is 7.26. The predicted octanol–water partition coefficient (Wildman–Crippen LogP) is 1.88. The van der Waals surface area contributed by atoms with E-state index in [2.05, 4.69) is 0 Å². The summed E-state index contributed by atoms with van der Waals surface area (Å²) in [4.78, 5) is 0. The molecule has 1 aliphatic rings. The smallest absolute Gasteiger partial charge is 0.224 e. The molecule has 2 aromatic carbocycles. The first-order chi connectivity index (χ1) is 15.7. The van der Waals surface area contributed by atoms with Crippen LogP contribution in [0.3, 0.4) is 0 Å². The molecule has 0 saturated carbocycles. The summed E-state index contributed by atoms with van der Waals surface area (Å²) >= 11 is 6.29. The molecule has 3 rings (SSSR count). The van der Waals surface area contributed by atoms with E-state index in [0.29, 0.717) is 5.56 Å². The van der Waals surface area contributed by atoms with E-state index in [1.54, 1.807) is 0 Å². The van der Waals surface area contributed by atoms with Crippen LogP contribution in [0.1, 0.15) is 25.0 Å².